The molecule has 3 aromatic rings. The van der Waals surface area contributed by atoms with Crippen molar-refractivity contribution < 1.29 is 17.9 Å². The second-order valence-electron chi connectivity index (χ2n) is 7.40. The number of nitrogens with zero attached hydrogens (tertiary/aromatic N) is 3. The minimum atomic E-state index is -3.59. The molecule has 3 heterocycles. The molecule has 1 atom stereocenters. The molecule has 172 valence electrons. The molecular formula is C21H26N4O4S3. The van der Waals surface area contributed by atoms with Gasteiger partial charge in [-0.25, -0.2) is 13.4 Å². The summed E-state index contributed by atoms with van der Waals surface area (Å²) in [6, 6.07) is 8.97. The second kappa shape index (κ2) is 9.92. The van der Waals surface area contributed by atoms with E-state index in [1.165, 1.54) is 16.1 Å². The van der Waals surface area contributed by atoms with Crippen molar-refractivity contribution in [2.75, 3.05) is 32.1 Å². The van der Waals surface area contributed by atoms with Crippen molar-refractivity contribution in [3.63, 3.8) is 0 Å². The molecule has 1 N–H and O–H groups in total. The smallest absolute Gasteiger partial charge is 0.243 e. The van der Waals surface area contributed by atoms with E-state index in [1.54, 1.807) is 29.5 Å². The van der Waals surface area contributed by atoms with Crippen LogP contribution < -0.4 is 5.32 Å². The molecule has 11 heteroatoms. The predicted octanol–water partition coefficient (Wildman–Crippen LogP) is 3.11. The van der Waals surface area contributed by atoms with Crippen molar-refractivity contribution in [1.29, 1.82) is 0 Å². The van der Waals surface area contributed by atoms with Gasteiger partial charge in [-0.2, -0.15) is 4.31 Å². The summed E-state index contributed by atoms with van der Waals surface area (Å²) in [4.78, 5) is 18.4. The van der Waals surface area contributed by atoms with Crippen molar-refractivity contribution >= 4 is 50.1 Å². The standard InChI is InChI=1S/C21H26N4O4S3/c1-3-25-18-7-6-16(32(27,28)24-8-10-29-11-9-24)13-17(18)23-21(25)31-14-20(26)22-15(2)19-5-4-12-30-19/h4-7,12-13,15H,3,8-11,14H2,1-2H3,(H,22,26). The summed E-state index contributed by atoms with van der Waals surface area (Å²) in [6.45, 7) is 6.14. The number of rotatable bonds is 8. The first-order valence-electron chi connectivity index (χ1n) is 10.4. The summed E-state index contributed by atoms with van der Waals surface area (Å²) >= 11 is 2.97. The van der Waals surface area contributed by atoms with Crippen LogP contribution in [0.1, 0.15) is 24.8 Å². The molecular weight excluding hydrogens is 468 g/mol. The van der Waals surface area contributed by atoms with Gasteiger partial charge in [-0.3, -0.25) is 4.79 Å². The van der Waals surface area contributed by atoms with Gasteiger partial charge in [0.25, 0.3) is 0 Å². The number of thioether (sulfide) groups is 1. The Kier molecular flexibility index (Phi) is 7.21. The molecule has 1 aliphatic heterocycles. The Morgan fingerprint density at radius 1 is 1.31 bits per heavy atom. The number of carbonyl (C=O) groups is 1. The highest BCUT2D eigenvalue weighted by Crippen LogP contribution is 2.28. The lowest BCUT2D eigenvalue weighted by Gasteiger charge is -2.26. The van der Waals surface area contributed by atoms with Gasteiger partial charge in [-0.1, -0.05) is 17.8 Å². The predicted molar refractivity (Wildman–Crippen MR) is 127 cm³/mol. The van der Waals surface area contributed by atoms with Crippen LogP contribution >= 0.6 is 23.1 Å². The molecule has 0 spiro atoms. The maximum atomic E-state index is 13.0. The Balaban J connectivity index is 1.50. The number of aromatic nitrogens is 2. The molecule has 4 rings (SSSR count). The van der Waals surface area contributed by atoms with E-state index in [0.717, 1.165) is 10.4 Å². The van der Waals surface area contributed by atoms with E-state index in [-0.39, 0.29) is 22.6 Å². The van der Waals surface area contributed by atoms with Crippen LogP contribution in [0.4, 0.5) is 0 Å². The molecule has 0 saturated carbocycles. The molecule has 32 heavy (non-hydrogen) atoms. The van der Waals surface area contributed by atoms with Crippen molar-refractivity contribution in [3.8, 4) is 0 Å². The van der Waals surface area contributed by atoms with Gasteiger partial charge in [-0.05, 0) is 43.5 Å². The number of amides is 1. The summed E-state index contributed by atoms with van der Waals surface area (Å²) in [6.07, 6.45) is 0. The molecule has 1 aromatic carbocycles. The third kappa shape index (κ3) is 4.86. The van der Waals surface area contributed by atoms with Gasteiger partial charge in [0.15, 0.2) is 5.16 Å². The van der Waals surface area contributed by atoms with Gasteiger partial charge in [0.2, 0.25) is 15.9 Å². The van der Waals surface area contributed by atoms with Crippen molar-refractivity contribution in [3.05, 3.63) is 40.6 Å². The maximum absolute atomic E-state index is 13.0. The Labute approximate surface area is 196 Å². The molecule has 2 aromatic heterocycles. The fourth-order valence-electron chi connectivity index (χ4n) is 3.62. The average Bonchev–Trinajstić information content (AvgIpc) is 3.45. The lowest BCUT2D eigenvalue weighted by Crippen LogP contribution is -2.40. The van der Waals surface area contributed by atoms with Gasteiger partial charge < -0.3 is 14.6 Å². The van der Waals surface area contributed by atoms with E-state index in [0.29, 0.717) is 43.5 Å². The van der Waals surface area contributed by atoms with E-state index >= 15 is 0 Å². The number of thiophene rings is 1. The van der Waals surface area contributed by atoms with Crippen molar-refractivity contribution in [2.24, 2.45) is 0 Å². The lowest BCUT2D eigenvalue weighted by molar-refractivity contribution is -0.119. The van der Waals surface area contributed by atoms with Crippen LogP contribution in [0.25, 0.3) is 11.0 Å². The van der Waals surface area contributed by atoms with Crippen LogP contribution in [0.15, 0.2) is 45.8 Å². The Morgan fingerprint density at radius 2 is 2.09 bits per heavy atom. The third-order valence-corrected chi connectivity index (χ3v) is 9.21. The third-order valence-electron chi connectivity index (χ3n) is 5.29. The first-order valence-corrected chi connectivity index (χ1v) is 13.7. The SMILES string of the molecule is CCn1c(SCC(=O)NC(C)c2cccs2)nc2cc(S(=O)(=O)N3CCOCC3)ccc21. The van der Waals surface area contributed by atoms with Crippen molar-refractivity contribution in [1.82, 2.24) is 19.2 Å². The van der Waals surface area contributed by atoms with Crippen LogP contribution in [0.2, 0.25) is 0 Å². The first kappa shape index (κ1) is 23.2. The summed E-state index contributed by atoms with van der Waals surface area (Å²) in [5.74, 6) is 0.166. The summed E-state index contributed by atoms with van der Waals surface area (Å²) < 4.78 is 34.7. The molecule has 8 nitrogen and oxygen atoms in total. The van der Waals surface area contributed by atoms with Crippen LogP contribution in [0, 0.1) is 0 Å². The molecule has 0 radical (unpaired) electrons. The van der Waals surface area contributed by atoms with E-state index in [1.807, 2.05) is 35.9 Å². The molecule has 1 saturated heterocycles. The number of ether oxygens (including phenoxy) is 1. The summed E-state index contributed by atoms with van der Waals surface area (Å²) in [5.41, 5.74) is 1.46. The molecule has 1 fully saturated rings. The van der Waals surface area contributed by atoms with Gasteiger partial charge in [0.1, 0.15) is 0 Å². The number of nitrogens with one attached hydrogen (secondary N) is 1. The van der Waals surface area contributed by atoms with Crippen LogP contribution in [0.5, 0.6) is 0 Å². The Hall–Kier alpha value is -1.92. The highest BCUT2D eigenvalue weighted by Gasteiger charge is 2.27. The highest BCUT2D eigenvalue weighted by atomic mass is 32.2. The van der Waals surface area contributed by atoms with E-state index in [2.05, 4.69) is 10.3 Å². The number of carbonyl (C=O) groups excluding carboxylic acids is 1. The number of fused-ring (bicyclic) bond motifs is 1. The van der Waals surface area contributed by atoms with E-state index in [4.69, 9.17) is 4.74 Å². The number of hydrogen-bond acceptors (Lipinski definition) is 7. The Bertz CT molecular complexity index is 1190. The van der Waals surface area contributed by atoms with Gasteiger partial charge >= 0.3 is 0 Å². The summed E-state index contributed by atoms with van der Waals surface area (Å²) in [7, 11) is -3.59. The zero-order chi connectivity index (χ0) is 22.7. The number of benzene rings is 1. The number of hydrogen-bond donors (Lipinski definition) is 1. The molecule has 1 aliphatic rings. The van der Waals surface area contributed by atoms with E-state index < -0.39 is 10.0 Å². The van der Waals surface area contributed by atoms with Crippen LogP contribution in [-0.4, -0.2) is 60.2 Å². The highest BCUT2D eigenvalue weighted by molar-refractivity contribution is 7.99. The maximum Gasteiger partial charge on any atom is 0.243 e. The molecule has 0 bridgehead atoms. The molecule has 1 amide bonds. The zero-order valence-electron chi connectivity index (χ0n) is 18.0. The second-order valence-corrected chi connectivity index (χ2v) is 11.3. The van der Waals surface area contributed by atoms with Gasteiger partial charge in [0.05, 0.1) is 40.9 Å². The van der Waals surface area contributed by atoms with Crippen LogP contribution in [0.3, 0.4) is 0 Å². The molecule has 1 unspecified atom stereocenters. The van der Waals surface area contributed by atoms with Gasteiger partial charge in [-0.15, -0.1) is 11.3 Å². The fourth-order valence-corrected chi connectivity index (χ4v) is 6.67. The Morgan fingerprint density at radius 3 is 2.78 bits per heavy atom. The number of sulfonamides is 1. The average molecular weight is 495 g/mol. The number of imidazole rings is 1. The fraction of sp³-hybridized carbons (Fsp3) is 0.429. The normalized spacial score (nSPS) is 16.3. The first-order chi connectivity index (χ1) is 15.4. The summed E-state index contributed by atoms with van der Waals surface area (Å²) in [5, 5.41) is 5.69. The number of morpholine rings is 1. The number of aryl methyl sites for hydroxylation is 1. The minimum Gasteiger partial charge on any atom is -0.379 e. The zero-order valence-corrected chi connectivity index (χ0v) is 20.4. The van der Waals surface area contributed by atoms with Gasteiger partial charge in [0, 0.05) is 24.5 Å². The quantitative estimate of drug-likeness (QED) is 0.484. The topological polar surface area (TPSA) is 93.5 Å². The van der Waals surface area contributed by atoms with Crippen LogP contribution in [-0.2, 0) is 26.1 Å². The lowest BCUT2D eigenvalue weighted by atomic mass is 10.3. The minimum absolute atomic E-state index is 0.0407. The molecule has 0 aliphatic carbocycles. The van der Waals surface area contributed by atoms with E-state index in [9.17, 15) is 13.2 Å². The van der Waals surface area contributed by atoms with Crippen molar-refractivity contribution in [2.45, 2.75) is 36.5 Å². The largest absolute Gasteiger partial charge is 0.379 e. The monoisotopic (exact) mass is 494 g/mol.